The Balaban J connectivity index is 1.29. The van der Waals surface area contributed by atoms with Crippen molar-refractivity contribution in [2.24, 2.45) is 7.05 Å². The van der Waals surface area contributed by atoms with Crippen LogP contribution in [0.3, 0.4) is 0 Å². The summed E-state index contributed by atoms with van der Waals surface area (Å²) in [5, 5.41) is 10.9. The SMILES string of the molecule is Cn1c2cc(OCc3ccccc3)ccc2c2cnn(Cc3ccn(C4CCCCO4)n3)c(=O)c21. The van der Waals surface area contributed by atoms with Crippen molar-refractivity contribution in [3.05, 3.63) is 88.6 Å². The molecular weight excluding hydrogens is 442 g/mol. The highest BCUT2D eigenvalue weighted by atomic mass is 16.5. The van der Waals surface area contributed by atoms with Crippen LogP contribution >= 0.6 is 0 Å². The molecule has 8 nitrogen and oxygen atoms in total. The van der Waals surface area contributed by atoms with Gasteiger partial charge in [0.1, 0.15) is 24.1 Å². The van der Waals surface area contributed by atoms with Crippen molar-refractivity contribution in [3.63, 3.8) is 0 Å². The fourth-order valence-electron chi connectivity index (χ4n) is 4.79. The number of fused-ring (bicyclic) bond motifs is 3. The molecule has 1 saturated heterocycles. The van der Waals surface area contributed by atoms with Crippen LogP contribution in [0.5, 0.6) is 5.75 Å². The van der Waals surface area contributed by atoms with Gasteiger partial charge in [0.25, 0.3) is 5.56 Å². The zero-order chi connectivity index (χ0) is 23.8. The molecule has 1 atom stereocenters. The van der Waals surface area contributed by atoms with Crippen LogP contribution in [0, 0.1) is 0 Å². The summed E-state index contributed by atoms with van der Waals surface area (Å²) in [6.07, 6.45) is 6.85. The second-order valence-corrected chi connectivity index (χ2v) is 8.99. The van der Waals surface area contributed by atoms with E-state index in [0.717, 1.165) is 59.2 Å². The second kappa shape index (κ2) is 9.03. The van der Waals surface area contributed by atoms with E-state index < -0.39 is 0 Å². The Morgan fingerprint density at radius 1 is 1.09 bits per heavy atom. The zero-order valence-electron chi connectivity index (χ0n) is 19.6. The highest BCUT2D eigenvalue weighted by Crippen LogP contribution is 2.29. The molecule has 6 rings (SSSR count). The van der Waals surface area contributed by atoms with Gasteiger partial charge >= 0.3 is 0 Å². The molecule has 0 saturated carbocycles. The molecule has 1 aliphatic rings. The number of benzene rings is 2. The molecule has 0 amide bonds. The molecule has 3 aromatic heterocycles. The first-order chi connectivity index (χ1) is 17.2. The second-order valence-electron chi connectivity index (χ2n) is 8.99. The van der Waals surface area contributed by atoms with E-state index in [1.165, 1.54) is 4.68 Å². The lowest BCUT2D eigenvalue weighted by molar-refractivity contribution is -0.0397. The summed E-state index contributed by atoms with van der Waals surface area (Å²) in [6.45, 7) is 1.56. The lowest BCUT2D eigenvalue weighted by Gasteiger charge is -2.22. The summed E-state index contributed by atoms with van der Waals surface area (Å²) in [4.78, 5) is 13.4. The maximum absolute atomic E-state index is 13.4. The Hall–Kier alpha value is -3.91. The standard InChI is InChI=1S/C27H27N5O3/c1-30-24-15-21(35-18-19-7-3-2-4-8-19)10-11-22(24)23-16-28-32(27(33)26(23)30)17-20-12-13-31(29-20)25-9-5-6-14-34-25/h2-4,7-8,10-13,15-16,25H,5-6,9,14,17-18H2,1H3. The van der Waals surface area contributed by atoms with Gasteiger partial charge in [-0.25, -0.2) is 9.36 Å². The molecule has 0 aliphatic carbocycles. The van der Waals surface area contributed by atoms with Crippen molar-refractivity contribution in [1.82, 2.24) is 24.1 Å². The number of hydrogen-bond acceptors (Lipinski definition) is 5. The predicted octanol–water partition coefficient (Wildman–Crippen LogP) is 4.41. The maximum atomic E-state index is 13.4. The quantitative estimate of drug-likeness (QED) is 0.368. The average Bonchev–Trinajstić information content (AvgIpc) is 3.48. The van der Waals surface area contributed by atoms with Gasteiger partial charge in [-0.15, -0.1) is 0 Å². The highest BCUT2D eigenvalue weighted by Gasteiger charge is 2.18. The molecule has 178 valence electrons. The molecule has 1 fully saturated rings. The van der Waals surface area contributed by atoms with Crippen molar-refractivity contribution in [3.8, 4) is 5.75 Å². The fraction of sp³-hybridized carbons (Fsp3) is 0.296. The van der Waals surface area contributed by atoms with Crippen molar-refractivity contribution in [1.29, 1.82) is 0 Å². The van der Waals surface area contributed by atoms with Crippen molar-refractivity contribution < 1.29 is 9.47 Å². The summed E-state index contributed by atoms with van der Waals surface area (Å²) in [5.74, 6) is 0.760. The summed E-state index contributed by atoms with van der Waals surface area (Å²) in [5.41, 5.74) is 3.29. The van der Waals surface area contributed by atoms with E-state index in [-0.39, 0.29) is 11.8 Å². The Labute approximate surface area is 202 Å². The first kappa shape index (κ1) is 21.6. The van der Waals surface area contributed by atoms with Crippen LogP contribution in [0.1, 0.15) is 36.7 Å². The van der Waals surface area contributed by atoms with Crippen molar-refractivity contribution in [2.45, 2.75) is 38.6 Å². The van der Waals surface area contributed by atoms with Crippen molar-refractivity contribution >= 4 is 21.8 Å². The molecule has 0 N–H and O–H groups in total. The molecule has 1 unspecified atom stereocenters. The Morgan fingerprint density at radius 3 is 2.80 bits per heavy atom. The van der Waals surface area contributed by atoms with E-state index in [1.54, 1.807) is 6.20 Å². The number of hydrogen-bond donors (Lipinski definition) is 0. The fourth-order valence-corrected chi connectivity index (χ4v) is 4.79. The van der Waals surface area contributed by atoms with Gasteiger partial charge < -0.3 is 14.0 Å². The number of rotatable bonds is 6. The average molecular weight is 470 g/mol. The monoisotopic (exact) mass is 469 g/mol. The molecule has 1 aliphatic heterocycles. The van der Waals surface area contributed by atoms with Crippen LogP contribution in [0.25, 0.3) is 21.8 Å². The first-order valence-electron chi connectivity index (χ1n) is 12.0. The highest BCUT2D eigenvalue weighted by molar-refractivity contribution is 6.07. The Bertz CT molecular complexity index is 1540. The van der Waals surface area contributed by atoms with Gasteiger partial charge in [0.15, 0.2) is 0 Å². The normalized spacial score (nSPS) is 16.2. The molecule has 0 spiro atoms. The van der Waals surface area contributed by atoms with Gasteiger partial charge in [-0.3, -0.25) is 4.79 Å². The smallest absolute Gasteiger partial charge is 0.291 e. The van der Waals surface area contributed by atoms with Crippen molar-refractivity contribution in [2.75, 3.05) is 6.61 Å². The third-order valence-corrected chi connectivity index (χ3v) is 6.65. The molecule has 4 heterocycles. The minimum atomic E-state index is -0.142. The van der Waals surface area contributed by atoms with Crippen LogP contribution in [-0.4, -0.2) is 30.7 Å². The maximum Gasteiger partial charge on any atom is 0.291 e. The number of nitrogens with zero attached hydrogens (tertiary/aromatic N) is 5. The van der Waals surface area contributed by atoms with Gasteiger partial charge in [-0.1, -0.05) is 30.3 Å². The molecule has 0 bridgehead atoms. The van der Waals surface area contributed by atoms with Gasteiger partial charge in [0.05, 0.1) is 24.0 Å². The van der Waals surface area contributed by atoms with Gasteiger partial charge in [0, 0.05) is 36.7 Å². The topological polar surface area (TPSA) is 76.1 Å². The van der Waals surface area contributed by atoms with Crippen LogP contribution in [0.2, 0.25) is 0 Å². The lowest BCUT2D eigenvalue weighted by Crippen LogP contribution is -2.25. The number of ether oxygens (including phenoxy) is 2. The number of aromatic nitrogens is 5. The van der Waals surface area contributed by atoms with E-state index in [0.29, 0.717) is 18.7 Å². The molecule has 5 aromatic rings. The summed E-state index contributed by atoms with van der Waals surface area (Å²) >= 11 is 0. The third-order valence-electron chi connectivity index (χ3n) is 6.65. The Kier molecular flexibility index (Phi) is 5.58. The van der Waals surface area contributed by atoms with E-state index in [2.05, 4.69) is 10.2 Å². The minimum absolute atomic E-state index is 0.0267. The molecular formula is C27H27N5O3. The van der Waals surface area contributed by atoms with Gasteiger partial charge in [-0.2, -0.15) is 10.2 Å². The Morgan fingerprint density at radius 2 is 1.97 bits per heavy atom. The molecule has 0 radical (unpaired) electrons. The van der Waals surface area contributed by atoms with Crippen LogP contribution in [0.4, 0.5) is 0 Å². The zero-order valence-corrected chi connectivity index (χ0v) is 19.6. The summed E-state index contributed by atoms with van der Waals surface area (Å²) in [6, 6.07) is 17.9. The van der Waals surface area contributed by atoms with Crippen LogP contribution < -0.4 is 10.3 Å². The largest absolute Gasteiger partial charge is 0.489 e. The molecule has 8 heteroatoms. The van der Waals surface area contributed by atoms with E-state index in [4.69, 9.17) is 9.47 Å². The van der Waals surface area contributed by atoms with E-state index >= 15 is 0 Å². The van der Waals surface area contributed by atoms with Gasteiger partial charge in [-0.05, 0) is 43.0 Å². The summed E-state index contributed by atoms with van der Waals surface area (Å²) < 4.78 is 17.1. The first-order valence-corrected chi connectivity index (χ1v) is 12.0. The predicted molar refractivity (Wildman–Crippen MR) is 133 cm³/mol. The molecule has 35 heavy (non-hydrogen) atoms. The molecule has 2 aromatic carbocycles. The van der Waals surface area contributed by atoms with Crippen LogP contribution in [-0.2, 0) is 24.9 Å². The van der Waals surface area contributed by atoms with E-state index in [1.807, 2.05) is 77.1 Å². The third kappa shape index (κ3) is 4.10. The minimum Gasteiger partial charge on any atom is -0.489 e. The van der Waals surface area contributed by atoms with Gasteiger partial charge in [0.2, 0.25) is 0 Å². The van der Waals surface area contributed by atoms with Crippen LogP contribution in [0.15, 0.2) is 71.8 Å². The lowest BCUT2D eigenvalue weighted by atomic mass is 10.2. The van der Waals surface area contributed by atoms with E-state index in [9.17, 15) is 4.79 Å². The number of aryl methyl sites for hydroxylation is 1. The summed E-state index contributed by atoms with van der Waals surface area (Å²) in [7, 11) is 1.91.